The molecule has 0 bridgehead atoms. The van der Waals surface area contributed by atoms with Crippen LogP contribution in [0.25, 0.3) is 16.7 Å². The van der Waals surface area contributed by atoms with Crippen molar-refractivity contribution in [2.45, 2.75) is 59.2 Å². The predicted molar refractivity (Wildman–Crippen MR) is 162 cm³/mol. The van der Waals surface area contributed by atoms with Crippen LogP contribution >= 0.6 is 22.9 Å². The van der Waals surface area contributed by atoms with Gasteiger partial charge in [0.25, 0.3) is 5.91 Å². The summed E-state index contributed by atoms with van der Waals surface area (Å²) in [6.45, 7) is 14.4. The molecule has 3 aromatic rings. The second kappa shape index (κ2) is 14.4. The number of rotatable bonds is 9. The van der Waals surface area contributed by atoms with Gasteiger partial charge in [0.05, 0.1) is 28.9 Å². The first-order chi connectivity index (χ1) is 18.8. The highest BCUT2D eigenvalue weighted by molar-refractivity contribution is 7.17. The van der Waals surface area contributed by atoms with E-state index in [9.17, 15) is 4.79 Å². The van der Waals surface area contributed by atoms with E-state index in [1.54, 1.807) is 14.2 Å². The van der Waals surface area contributed by atoms with Crippen LogP contribution in [0.1, 0.15) is 55.9 Å². The molecule has 0 unspecified atom stereocenters. The minimum Gasteiger partial charge on any atom is -0.493 e. The molecule has 1 aromatic carbocycles. The van der Waals surface area contributed by atoms with Gasteiger partial charge in [0.15, 0.2) is 17.3 Å². The van der Waals surface area contributed by atoms with Crippen molar-refractivity contribution >= 4 is 52.2 Å². The van der Waals surface area contributed by atoms with Gasteiger partial charge in [0.1, 0.15) is 5.69 Å². The number of aryl methyl sites for hydroxylation is 1. The van der Waals surface area contributed by atoms with E-state index in [-0.39, 0.29) is 11.9 Å². The Morgan fingerprint density at radius 2 is 1.87 bits per heavy atom. The molecule has 1 saturated heterocycles. The summed E-state index contributed by atoms with van der Waals surface area (Å²) in [6.07, 6.45) is 3.81. The zero-order valence-electron chi connectivity index (χ0n) is 23.6. The molecule has 0 radical (unpaired) electrons. The Morgan fingerprint density at radius 1 is 1.21 bits per heavy atom. The Bertz CT molecular complexity index is 1290. The number of carbonyl (C=O) groups excluding carboxylic acids is 1. The highest BCUT2D eigenvalue weighted by Crippen LogP contribution is 2.34. The van der Waals surface area contributed by atoms with E-state index in [0.29, 0.717) is 35.5 Å². The average molecular weight is 575 g/mol. The number of amides is 1. The van der Waals surface area contributed by atoms with Crippen molar-refractivity contribution in [3.63, 3.8) is 0 Å². The van der Waals surface area contributed by atoms with Crippen LogP contribution in [0.2, 0.25) is 4.34 Å². The van der Waals surface area contributed by atoms with E-state index in [4.69, 9.17) is 25.9 Å². The van der Waals surface area contributed by atoms with Crippen molar-refractivity contribution in [1.82, 2.24) is 14.8 Å². The van der Waals surface area contributed by atoms with Gasteiger partial charge < -0.3 is 29.1 Å². The Kier molecular flexibility index (Phi) is 11.3. The molecule has 2 aromatic heterocycles. The first kappa shape index (κ1) is 30.5. The molecule has 39 heavy (non-hydrogen) atoms. The fourth-order valence-corrected chi connectivity index (χ4v) is 5.74. The zero-order chi connectivity index (χ0) is 28.5. The molecule has 1 fully saturated rings. The third kappa shape index (κ3) is 7.56. The summed E-state index contributed by atoms with van der Waals surface area (Å²) in [5.74, 6) is 2.02. The predicted octanol–water partition coefficient (Wildman–Crippen LogP) is 6.68. The van der Waals surface area contributed by atoms with E-state index in [1.165, 1.54) is 11.3 Å². The summed E-state index contributed by atoms with van der Waals surface area (Å²) in [6, 6.07) is 10.3. The van der Waals surface area contributed by atoms with Crippen LogP contribution in [-0.2, 0) is 11.4 Å². The number of carbonyl (C=O) groups is 1. The van der Waals surface area contributed by atoms with Crippen LogP contribution in [0.4, 0.5) is 0 Å². The third-order valence-corrected chi connectivity index (χ3v) is 8.04. The molecule has 4 rings (SSSR count). The lowest BCUT2D eigenvalue weighted by Crippen LogP contribution is -2.46. The number of benzene rings is 1. The smallest absolute Gasteiger partial charge is 0.268 e. The van der Waals surface area contributed by atoms with Gasteiger partial charge in [-0.25, -0.2) is 0 Å². The fraction of sp³-hybridized carbons (Fsp3) is 0.448. The van der Waals surface area contributed by atoms with Gasteiger partial charge in [-0.2, -0.15) is 0 Å². The second-order valence-corrected chi connectivity index (χ2v) is 11.1. The number of fused-ring (bicyclic) bond motifs is 1. The van der Waals surface area contributed by atoms with Crippen molar-refractivity contribution in [1.29, 1.82) is 0 Å². The molecular weight excluding hydrogens is 536 g/mol. The maximum Gasteiger partial charge on any atom is 0.268 e. The number of nitrogens with one attached hydrogen (secondary N) is 1. The second-order valence-electron chi connectivity index (χ2n) is 9.39. The number of ether oxygens (including phenoxy) is 2. The van der Waals surface area contributed by atoms with Crippen molar-refractivity contribution in [3.05, 3.63) is 51.3 Å². The van der Waals surface area contributed by atoms with E-state index >= 15 is 0 Å². The lowest BCUT2D eigenvalue weighted by molar-refractivity contribution is 0.0892. The minimum atomic E-state index is -0.00557. The quantitative estimate of drug-likeness (QED) is 0.175. The monoisotopic (exact) mass is 574 g/mol. The molecule has 0 atom stereocenters. The number of likely N-dealkylation sites (tertiary alicyclic amines) is 1. The number of halogens is 1. The van der Waals surface area contributed by atoms with Crippen LogP contribution in [0.15, 0.2) is 41.6 Å². The molecule has 0 aliphatic carbocycles. The first-order valence-corrected chi connectivity index (χ1v) is 14.3. The molecular formula is C29H39ClN4O4S. The number of hydrogen-bond donors (Lipinski definition) is 1. The lowest BCUT2D eigenvalue weighted by Gasteiger charge is -2.34. The number of methoxy groups -OCH3 is 2. The van der Waals surface area contributed by atoms with Crippen LogP contribution in [0.5, 0.6) is 11.5 Å². The van der Waals surface area contributed by atoms with Gasteiger partial charge >= 0.3 is 0 Å². The first-order valence-electron chi connectivity index (χ1n) is 13.1. The molecule has 1 aliphatic rings. The molecule has 1 amide bonds. The molecule has 10 heteroatoms. The Hall–Kier alpha value is -3.01. The number of nitrogens with zero attached hydrogens (tertiary/aromatic N) is 3. The molecule has 212 valence electrons. The van der Waals surface area contributed by atoms with Crippen molar-refractivity contribution in [3.8, 4) is 11.5 Å². The summed E-state index contributed by atoms with van der Waals surface area (Å²) in [5, 5.41) is 7.56. The summed E-state index contributed by atoms with van der Waals surface area (Å²) in [7, 11) is 3.25. The topological polar surface area (TPSA) is 77.3 Å². The molecule has 0 spiro atoms. The normalized spacial score (nSPS) is 14.6. The van der Waals surface area contributed by atoms with Crippen LogP contribution in [-0.4, -0.2) is 61.5 Å². The molecule has 0 saturated carbocycles. The number of hydrogen-bond acceptors (Lipinski definition) is 7. The number of piperidine rings is 1. The van der Waals surface area contributed by atoms with Gasteiger partial charge in [-0.05, 0) is 70.9 Å². The summed E-state index contributed by atoms with van der Waals surface area (Å²) in [5.41, 5.74) is 1.67. The standard InChI is InChI=1S/C21H31N3O3.C8H8ClNOS/c1-6-24-17-13-20(27-5)19(26-4)12-15(17)11-18(24)21(25)22-16-7-9-23(10-8-16)14(2)3;1-3-6(11-10-2)7-4-5-8(9)12-7/h11-14,16H,6-10H2,1-5H3,(H,22,25);3-5H,2H2,1H3/b;6-3-. The van der Waals surface area contributed by atoms with Gasteiger partial charge in [-0.15, -0.1) is 11.3 Å². The molecule has 1 aliphatic heterocycles. The van der Waals surface area contributed by atoms with E-state index < -0.39 is 0 Å². The number of oxime groups is 1. The van der Waals surface area contributed by atoms with E-state index in [1.807, 2.05) is 54.8 Å². The zero-order valence-corrected chi connectivity index (χ0v) is 25.2. The van der Waals surface area contributed by atoms with Crippen LogP contribution < -0.4 is 14.8 Å². The SMILES string of the molecule is C=NO/C(=C\C)c1ccc(Cl)s1.CCn1c(C(=O)NC2CCN(C(C)C)CC2)cc2cc(OC)c(OC)cc21. The Balaban J connectivity index is 0.000000293. The number of thiophene rings is 1. The summed E-state index contributed by atoms with van der Waals surface area (Å²) < 4.78 is 13.6. The summed E-state index contributed by atoms with van der Waals surface area (Å²) >= 11 is 7.20. The van der Waals surface area contributed by atoms with Gasteiger partial charge in [-0.1, -0.05) is 16.8 Å². The maximum absolute atomic E-state index is 13.0. The summed E-state index contributed by atoms with van der Waals surface area (Å²) in [4.78, 5) is 21.3. The number of aromatic nitrogens is 1. The van der Waals surface area contributed by atoms with Crippen molar-refractivity contribution in [2.24, 2.45) is 5.16 Å². The fourth-order valence-electron chi connectivity index (χ4n) is 4.69. The van der Waals surface area contributed by atoms with E-state index in [2.05, 4.69) is 35.9 Å². The van der Waals surface area contributed by atoms with Crippen molar-refractivity contribution in [2.75, 3.05) is 27.3 Å². The molecule has 3 heterocycles. The van der Waals surface area contributed by atoms with Crippen LogP contribution in [0, 0.1) is 0 Å². The molecule has 1 N–H and O–H groups in total. The Morgan fingerprint density at radius 3 is 2.38 bits per heavy atom. The highest BCUT2D eigenvalue weighted by atomic mass is 35.5. The minimum absolute atomic E-state index is 0.00557. The average Bonchev–Trinajstić information content (AvgIpc) is 3.54. The van der Waals surface area contributed by atoms with Crippen LogP contribution in [0.3, 0.4) is 0 Å². The number of allylic oxidation sites excluding steroid dienone is 1. The largest absolute Gasteiger partial charge is 0.493 e. The Labute approximate surface area is 240 Å². The lowest BCUT2D eigenvalue weighted by atomic mass is 10.0. The van der Waals surface area contributed by atoms with Gasteiger partial charge in [-0.3, -0.25) is 4.79 Å². The third-order valence-electron chi connectivity index (χ3n) is 6.79. The molecule has 8 nitrogen and oxygen atoms in total. The highest BCUT2D eigenvalue weighted by Gasteiger charge is 2.24. The van der Waals surface area contributed by atoms with E-state index in [0.717, 1.165) is 46.0 Å². The van der Waals surface area contributed by atoms with Gasteiger partial charge in [0, 0.05) is 49.9 Å². The van der Waals surface area contributed by atoms with Crippen molar-refractivity contribution < 1.29 is 19.1 Å². The maximum atomic E-state index is 13.0. The van der Waals surface area contributed by atoms with Gasteiger partial charge in [0.2, 0.25) is 0 Å².